The molecule has 0 bridgehead atoms. The van der Waals surface area contributed by atoms with Crippen molar-refractivity contribution in [2.75, 3.05) is 0 Å². The summed E-state index contributed by atoms with van der Waals surface area (Å²) < 4.78 is 0. The van der Waals surface area contributed by atoms with Gasteiger partial charge in [-0.2, -0.15) is 0 Å². The van der Waals surface area contributed by atoms with E-state index >= 15 is 0 Å². The van der Waals surface area contributed by atoms with Crippen molar-refractivity contribution in [1.82, 2.24) is 10.6 Å². The van der Waals surface area contributed by atoms with Crippen molar-refractivity contribution >= 4 is 23.8 Å². The molecule has 9 heteroatoms. The molecule has 4 amide bonds. The van der Waals surface area contributed by atoms with E-state index in [-0.39, 0.29) is 5.92 Å². The zero-order valence-electron chi connectivity index (χ0n) is 10.7. The van der Waals surface area contributed by atoms with E-state index in [0.717, 1.165) is 0 Å². The van der Waals surface area contributed by atoms with Gasteiger partial charge in [0, 0.05) is 0 Å². The van der Waals surface area contributed by atoms with Crippen LogP contribution in [0.3, 0.4) is 0 Å². The monoisotopic (exact) mass is 274 g/mol. The third-order valence-corrected chi connectivity index (χ3v) is 2.27. The van der Waals surface area contributed by atoms with Crippen LogP contribution in [0.15, 0.2) is 0 Å². The molecule has 0 aromatic heterocycles. The number of rotatable bonds is 7. The van der Waals surface area contributed by atoms with E-state index in [1.807, 2.05) is 0 Å². The topological polar surface area (TPSA) is 165 Å². The number of carbonyl (C=O) groups is 4. The van der Waals surface area contributed by atoms with Crippen LogP contribution in [-0.2, 0) is 14.4 Å². The van der Waals surface area contributed by atoms with Crippen molar-refractivity contribution in [1.29, 1.82) is 0 Å². The second-order valence-corrected chi connectivity index (χ2v) is 4.30. The zero-order valence-corrected chi connectivity index (χ0v) is 10.7. The van der Waals surface area contributed by atoms with E-state index in [1.54, 1.807) is 13.8 Å². The van der Waals surface area contributed by atoms with Crippen LogP contribution < -0.4 is 22.1 Å². The summed E-state index contributed by atoms with van der Waals surface area (Å²) in [5, 5.41) is 13.2. The summed E-state index contributed by atoms with van der Waals surface area (Å²) in [6, 6.07) is -3.34. The molecule has 9 nitrogen and oxygen atoms in total. The number of carboxylic acid groups (broad SMARTS) is 1. The summed E-state index contributed by atoms with van der Waals surface area (Å²) in [5.41, 5.74) is 9.80. The summed E-state index contributed by atoms with van der Waals surface area (Å²) in [7, 11) is 0. The molecule has 0 heterocycles. The number of carbonyl (C=O) groups excluding carboxylic acids is 3. The van der Waals surface area contributed by atoms with Crippen molar-refractivity contribution in [3.63, 3.8) is 0 Å². The number of amides is 4. The molecule has 0 aliphatic carbocycles. The van der Waals surface area contributed by atoms with Gasteiger partial charge < -0.3 is 27.2 Å². The van der Waals surface area contributed by atoms with Gasteiger partial charge in [-0.1, -0.05) is 13.8 Å². The minimum Gasteiger partial charge on any atom is -0.480 e. The van der Waals surface area contributed by atoms with Crippen molar-refractivity contribution in [3.8, 4) is 0 Å². The van der Waals surface area contributed by atoms with Crippen LogP contribution in [0, 0.1) is 5.92 Å². The van der Waals surface area contributed by atoms with Crippen LogP contribution in [0.5, 0.6) is 0 Å². The molecule has 0 aromatic rings. The fraction of sp³-hybridized carbons (Fsp3) is 0.600. The average molecular weight is 274 g/mol. The maximum Gasteiger partial charge on any atom is 0.326 e. The summed E-state index contributed by atoms with van der Waals surface area (Å²) in [6.07, 6.45) is -0.539. The third-order valence-electron chi connectivity index (χ3n) is 2.27. The Morgan fingerprint density at radius 2 is 1.63 bits per heavy atom. The molecule has 2 unspecified atom stereocenters. The van der Waals surface area contributed by atoms with Crippen LogP contribution in [0.2, 0.25) is 0 Å². The second-order valence-electron chi connectivity index (χ2n) is 4.30. The van der Waals surface area contributed by atoms with Gasteiger partial charge in [0.25, 0.3) is 0 Å². The summed E-state index contributed by atoms with van der Waals surface area (Å²) in [5.74, 6) is -3.32. The van der Waals surface area contributed by atoms with Crippen molar-refractivity contribution in [3.05, 3.63) is 0 Å². The van der Waals surface area contributed by atoms with Gasteiger partial charge in [-0.15, -0.1) is 0 Å². The largest absolute Gasteiger partial charge is 0.480 e. The molecule has 0 aliphatic heterocycles. The lowest BCUT2D eigenvalue weighted by Crippen LogP contribution is -2.55. The zero-order chi connectivity index (χ0) is 15.2. The Kier molecular flexibility index (Phi) is 6.31. The lowest BCUT2D eigenvalue weighted by Gasteiger charge is -2.22. The number of nitrogens with one attached hydrogen (secondary N) is 2. The molecule has 0 aromatic carbocycles. The first-order chi connectivity index (χ1) is 8.65. The predicted octanol–water partition coefficient (Wildman–Crippen LogP) is -1.88. The van der Waals surface area contributed by atoms with Gasteiger partial charge >= 0.3 is 12.0 Å². The van der Waals surface area contributed by atoms with Crippen LogP contribution in [-0.4, -0.2) is 41.0 Å². The third kappa shape index (κ3) is 6.24. The van der Waals surface area contributed by atoms with Gasteiger partial charge in [0.15, 0.2) is 0 Å². The molecule has 0 saturated heterocycles. The minimum absolute atomic E-state index is 0.310. The average Bonchev–Trinajstić information content (AvgIpc) is 2.23. The lowest BCUT2D eigenvalue weighted by atomic mass is 10.0. The van der Waals surface area contributed by atoms with Crippen LogP contribution >= 0.6 is 0 Å². The molecular weight excluding hydrogens is 256 g/mol. The van der Waals surface area contributed by atoms with E-state index in [4.69, 9.17) is 16.6 Å². The maximum atomic E-state index is 11.8. The van der Waals surface area contributed by atoms with Gasteiger partial charge in [0.2, 0.25) is 11.8 Å². The SMILES string of the molecule is CC(C)C(NC(N)=O)C(=O)NC(CC(N)=O)C(=O)O. The normalized spacial score (nSPS) is 13.4. The van der Waals surface area contributed by atoms with Crippen LogP contribution in [0.25, 0.3) is 0 Å². The fourth-order valence-corrected chi connectivity index (χ4v) is 1.35. The van der Waals surface area contributed by atoms with Gasteiger partial charge in [-0.05, 0) is 5.92 Å². The van der Waals surface area contributed by atoms with E-state index in [0.29, 0.717) is 0 Å². The van der Waals surface area contributed by atoms with Gasteiger partial charge in [-0.25, -0.2) is 9.59 Å². The number of urea groups is 1. The highest BCUT2D eigenvalue weighted by atomic mass is 16.4. The standard InChI is InChI=1S/C10H18N4O5/c1-4(2)7(14-10(12)19)8(16)13-5(9(17)18)3-6(11)15/h4-5,7H,3H2,1-2H3,(H2,11,15)(H,13,16)(H,17,18)(H3,12,14,19). The van der Waals surface area contributed by atoms with E-state index in [1.165, 1.54) is 0 Å². The number of nitrogens with two attached hydrogens (primary N) is 2. The summed E-state index contributed by atoms with van der Waals surface area (Å²) in [4.78, 5) is 44.1. The van der Waals surface area contributed by atoms with Crippen LogP contribution in [0.1, 0.15) is 20.3 Å². The molecule has 0 saturated carbocycles. The Balaban J connectivity index is 4.80. The molecule has 0 spiro atoms. The van der Waals surface area contributed by atoms with Crippen molar-refractivity contribution in [2.24, 2.45) is 17.4 Å². The van der Waals surface area contributed by atoms with E-state index < -0.39 is 42.3 Å². The Labute approximate surface area is 109 Å². The summed E-state index contributed by atoms with van der Waals surface area (Å²) in [6.45, 7) is 3.29. The van der Waals surface area contributed by atoms with Gasteiger partial charge in [0.05, 0.1) is 6.42 Å². The molecule has 0 radical (unpaired) electrons. The second kappa shape index (κ2) is 7.19. The lowest BCUT2D eigenvalue weighted by molar-refractivity contribution is -0.143. The Morgan fingerprint density at radius 3 is 1.95 bits per heavy atom. The first-order valence-corrected chi connectivity index (χ1v) is 5.52. The Morgan fingerprint density at radius 1 is 1.11 bits per heavy atom. The van der Waals surface area contributed by atoms with Gasteiger partial charge in [-0.3, -0.25) is 9.59 Å². The molecule has 7 N–H and O–H groups in total. The molecule has 19 heavy (non-hydrogen) atoms. The molecule has 0 rings (SSSR count). The van der Waals surface area contributed by atoms with Crippen molar-refractivity contribution in [2.45, 2.75) is 32.4 Å². The van der Waals surface area contributed by atoms with Crippen LogP contribution in [0.4, 0.5) is 4.79 Å². The highest BCUT2D eigenvalue weighted by Crippen LogP contribution is 2.03. The molecule has 108 valence electrons. The van der Waals surface area contributed by atoms with E-state index in [2.05, 4.69) is 10.6 Å². The Hall–Kier alpha value is -2.32. The quantitative estimate of drug-likeness (QED) is 0.366. The summed E-state index contributed by atoms with van der Waals surface area (Å²) >= 11 is 0. The Bertz CT molecular complexity index is 382. The number of primary amides is 2. The number of hydrogen-bond donors (Lipinski definition) is 5. The molecule has 0 fully saturated rings. The first-order valence-electron chi connectivity index (χ1n) is 5.52. The smallest absolute Gasteiger partial charge is 0.326 e. The molecule has 2 atom stereocenters. The van der Waals surface area contributed by atoms with Gasteiger partial charge in [0.1, 0.15) is 12.1 Å². The first kappa shape index (κ1) is 16.7. The highest BCUT2D eigenvalue weighted by Gasteiger charge is 2.28. The number of aliphatic carboxylic acids is 1. The maximum absolute atomic E-state index is 11.8. The molecule has 0 aliphatic rings. The van der Waals surface area contributed by atoms with Crippen molar-refractivity contribution < 1.29 is 24.3 Å². The van der Waals surface area contributed by atoms with E-state index in [9.17, 15) is 19.2 Å². The number of hydrogen-bond acceptors (Lipinski definition) is 4. The predicted molar refractivity (Wildman–Crippen MR) is 64.7 cm³/mol. The minimum atomic E-state index is -1.44. The number of carboxylic acids is 1. The fourth-order valence-electron chi connectivity index (χ4n) is 1.35. The molecular formula is C10H18N4O5. The highest BCUT2D eigenvalue weighted by molar-refractivity contribution is 5.91.